The van der Waals surface area contributed by atoms with Gasteiger partial charge in [-0.05, 0) is 46.0 Å². The summed E-state index contributed by atoms with van der Waals surface area (Å²) >= 11 is 1.82. The molecule has 0 radical (unpaired) electrons. The minimum atomic E-state index is 0.681. The Labute approximate surface area is 346 Å². The second-order valence-corrected chi connectivity index (χ2v) is 15.8. The number of nitrogens with zero attached hydrogens (tertiary/aromatic N) is 3. The van der Waals surface area contributed by atoms with Gasteiger partial charge in [-0.2, -0.15) is 0 Å². The van der Waals surface area contributed by atoms with Crippen LogP contribution >= 0.6 is 11.3 Å². The van der Waals surface area contributed by atoms with Crippen LogP contribution in [0.3, 0.4) is 0 Å². The minimum absolute atomic E-state index is 0.681. The third-order valence-corrected chi connectivity index (χ3v) is 12.3. The van der Waals surface area contributed by atoms with E-state index in [9.17, 15) is 0 Å². The van der Waals surface area contributed by atoms with Gasteiger partial charge in [-0.15, -0.1) is 11.3 Å². The van der Waals surface area contributed by atoms with Crippen molar-refractivity contribution in [1.29, 1.82) is 0 Å². The van der Waals surface area contributed by atoms with Crippen molar-refractivity contribution in [3.05, 3.63) is 212 Å². The third kappa shape index (κ3) is 6.46. The summed E-state index contributed by atoms with van der Waals surface area (Å²) in [5, 5.41) is 3.68. The van der Waals surface area contributed by atoms with Gasteiger partial charge in [-0.25, -0.2) is 15.0 Å². The van der Waals surface area contributed by atoms with E-state index < -0.39 is 0 Å². The molecule has 0 N–H and O–H groups in total. The van der Waals surface area contributed by atoms with Crippen molar-refractivity contribution < 1.29 is 0 Å². The maximum Gasteiger partial charge on any atom is 0.160 e. The van der Waals surface area contributed by atoms with Crippen LogP contribution in [0.25, 0.3) is 110 Å². The van der Waals surface area contributed by atoms with Crippen molar-refractivity contribution in [1.82, 2.24) is 15.0 Å². The van der Waals surface area contributed by atoms with Crippen molar-refractivity contribution >= 4 is 42.4 Å². The van der Waals surface area contributed by atoms with Gasteiger partial charge in [0.2, 0.25) is 0 Å². The molecule has 11 rings (SSSR count). The smallest absolute Gasteiger partial charge is 0.160 e. The van der Waals surface area contributed by atoms with Crippen molar-refractivity contribution in [2.45, 2.75) is 0 Å². The highest BCUT2D eigenvalue weighted by Gasteiger charge is 2.19. The van der Waals surface area contributed by atoms with E-state index in [2.05, 4.69) is 200 Å². The van der Waals surface area contributed by atoms with E-state index in [1.165, 1.54) is 36.9 Å². The fourth-order valence-corrected chi connectivity index (χ4v) is 9.39. The van der Waals surface area contributed by atoms with Crippen LogP contribution in [0.15, 0.2) is 212 Å². The van der Waals surface area contributed by atoms with Crippen molar-refractivity contribution in [2.75, 3.05) is 0 Å². The van der Waals surface area contributed by atoms with Gasteiger partial charge in [-0.1, -0.05) is 194 Å². The van der Waals surface area contributed by atoms with Gasteiger partial charge >= 0.3 is 0 Å². The van der Waals surface area contributed by atoms with Crippen molar-refractivity contribution in [3.8, 4) is 78.5 Å². The number of aromatic nitrogens is 3. The summed E-state index contributed by atoms with van der Waals surface area (Å²) in [5.41, 5.74) is 14.7. The molecule has 0 fully saturated rings. The zero-order valence-corrected chi connectivity index (χ0v) is 32.8. The zero-order chi connectivity index (χ0) is 39.1. The molecule has 0 spiro atoms. The van der Waals surface area contributed by atoms with E-state index in [0.29, 0.717) is 5.82 Å². The first kappa shape index (κ1) is 34.7. The van der Waals surface area contributed by atoms with E-state index in [-0.39, 0.29) is 0 Å². The lowest BCUT2D eigenvalue weighted by Gasteiger charge is -2.13. The summed E-state index contributed by atoms with van der Waals surface area (Å²) in [5.74, 6) is 0.681. The van der Waals surface area contributed by atoms with Crippen LogP contribution in [0, 0.1) is 0 Å². The Morgan fingerprint density at radius 2 is 0.814 bits per heavy atom. The topological polar surface area (TPSA) is 38.7 Å². The number of hydrogen-bond donors (Lipinski definition) is 0. The highest BCUT2D eigenvalue weighted by atomic mass is 32.1. The average molecular weight is 770 g/mol. The second-order valence-electron chi connectivity index (χ2n) is 14.8. The first-order valence-electron chi connectivity index (χ1n) is 19.8. The molecular formula is C55H35N3S. The minimum Gasteiger partial charge on any atom is -0.246 e. The maximum atomic E-state index is 5.50. The van der Waals surface area contributed by atoms with E-state index in [1.54, 1.807) is 0 Å². The molecule has 0 bridgehead atoms. The highest BCUT2D eigenvalue weighted by Crippen LogP contribution is 2.44. The first-order chi connectivity index (χ1) is 29.2. The van der Waals surface area contributed by atoms with Gasteiger partial charge in [0.25, 0.3) is 0 Å². The number of fused-ring (bicyclic) bond motifs is 5. The molecular weight excluding hydrogens is 735 g/mol. The summed E-state index contributed by atoms with van der Waals surface area (Å²) in [7, 11) is 0. The molecule has 0 atom stereocenters. The van der Waals surface area contributed by atoms with E-state index in [0.717, 1.165) is 66.9 Å². The van der Waals surface area contributed by atoms with Gasteiger partial charge in [0.1, 0.15) is 0 Å². The molecule has 0 amide bonds. The molecule has 276 valence electrons. The molecule has 11 aromatic rings. The summed E-state index contributed by atoms with van der Waals surface area (Å²) in [4.78, 5) is 16.0. The SMILES string of the molecule is c1ccc(-c2ccc(-c3cc(-c4cccc(-c5cccc6c5nc(-c5ccccc5)c5sc7ccccc7c56)c4)nc(-c4ccc(-c5ccccc5)cc4)n3)cc2)cc1. The largest absolute Gasteiger partial charge is 0.246 e. The van der Waals surface area contributed by atoms with E-state index in [1.807, 2.05) is 23.5 Å². The van der Waals surface area contributed by atoms with Gasteiger partial charge < -0.3 is 0 Å². The number of rotatable bonds is 7. The molecule has 8 aromatic carbocycles. The second kappa shape index (κ2) is 14.8. The maximum absolute atomic E-state index is 5.50. The quantitative estimate of drug-likeness (QED) is 0.162. The lowest BCUT2D eigenvalue weighted by molar-refractivity contribution is 1.18. The Morgan fingerprint density at radius 3 is 1.49 bits per heavy atom. The highest BCUT2D eigenvalue weighted by molar-refractivity contribution is 7.26. The van der Waals surface area contributed by atoms with Crippen LogP contribution in [0.2, 0.25) is 0 Å². The zero-order valence-electron chi connectivity index (χ0n) is 32.0. The van der Waals surface area contributed by atoms with Crippen LogP contribution < -0.4 is 0 Å². The number of thiophene rings is 1. The van der Waals surface area contributed by atoms with Crippen molar-refractivity contribution in [2.24, 2.45) is 0 Å². The number of pyridine rings is 1. The molecule has 0 aliphatic carbocycles. The summed E-state index contributed by atoms with van der Waals surface area (Å²) in [6.07, 6.45) is 0. The Bertz CT molecular complexity index is 3180. The number of benzene rings is 8. The number of hydrogen-bond acceptors (Lipinski definition) is 4. The molecule has 0 aliphatic heterocycles. The van der Waals surface area contributed by atoms with Gasteiger partial charge in [0.05, 0.1) is 27.3 Å². The van der Waals surface area contributed by atoms with Gasteiger partial charge in [-0.3, -0.25) is 0 Å². The molecule has 0 saturated carbocycles. The lowest BCUT2D eigenvalue weighted by Crippen LogP contribution is -1.96. The van der Waals surface area contributed by atoms with Crippen LogP contribution in [-0.2, 0) is 0 Å². The van der Waals surface area contributed by atoms with Crippen molar-refractivity contribution in [3.63, 3.8) is 0 Å². The monoisotopic (exact) mass is 769 g/mol. The lowest BCUT2D eigenvalue weighted by atomic mass is 9.96. The Kier molecular flexibility index (Phi) is 8.68. The van der Waals surface area contributed by atoms with Gasteiger partial charge in [0.15, 0.2) is 5.82 Å². The van der Waals surface area contributed by atoms with Crippen LogP contribution in [0.1, 0.15) is 0 Å². The normalized spacial score (nSPS) is 11.4. The Morgan fingerprint density at radius 1 is 0.322 bits per heavy atom. The third-order valence-electron chi connectivity index (χ3n) is 11.1. The molecule has 0 saturated heterocycles. The summed E-state index contributed by atoms with van der Waals surface area (Å²) < 4.78 is 2.48. The molecule has 3 heterocycles. The Balaban J connectivity index is 1.06. The summed E-state index contributed by atoms with van der Waals surface area (Å²) in [6, 6.07) is 74.9. The average Bonchev–Trinajstić information content (AvgIpc) is 3.72. The molecule has 3 aromatic heterocycles. The molecule has 0 aliphatic rings. The fourth-order valence-electron chi connectivity index (χ4n) is 8.16. The Hall–Kier alpha value is -7.53. The molecule has 3 nitrogen and oxygen atoms in total. The molecule has 59 heavy (non-hydrogen) atoms. The van der Waals surface area contributed by atoms with Gasteiger partial charge in [0, 0.05) is 48.7 Å². The van der Waals surface area contributed by atoms with E-state index in [4.69, 9.17) is 15.0 Å². The fraction of sp³-hybridized carbons (Fsp3) is 0. The molecule has 4 heteroatoms. The van der Waals surface area contributed by atoms with Crippen LogP contribution in [0.4, 0.5) is 0 Å². The standard InChI is InChI=1S/C55H35N3S/c1-4-14-36(15-5-1)38-26-30-40(31-27-38)48-35-49(57-55(56-48)42-32-28-39(29-33-42)37-16-6-2-7-17-37)44-21-12-20-43(34-44)45-23-13-24-47-51-46-22-10-11-25-50(46)59-54(51)52(58-53(45)47)41-18-8-3-9-19-41/h1-35H. The van der Waals surface area contributed by atoms with Crippen LogP contribution in [0.5, 0.6) is 0 Å². The molecule has 0 unspecified atom stereocenters. The van der Waals surface area contributed by atoms with E-state index >= 15 is 0 Å². The van der Waals surface area contributed by atoms with Crippen LogP contribution in [-0.4, -0.2) is 15.0 Å². The first-order valence-corrected chi connectivity index (χ1v) is 20.7. The summed E-state index contributed by atoms with van der Waals surface area (Å²) in [6.45, 7) is 0. The number of para-hydroxylation sites is 1. The predicted octanol–water partition coefficient (Wildman–Crippen LogP) is 15.1. The predicted molar refractivity (Wildman–Crippen MR) is 248 cm³/mol.